The number of hydrogen-bond acceptors (Lipinski definition) is 4. The van der Waals surface area contributed by atoms with Crippen LogP contribution in [-0.2, 0) is 9.84 Å². The minimum Gasteiger partial charge on any atom is -0.271 e. The molecule has 0 aliphatic heterocycles. The maximum atomic E-state index is 11.8. The fourth-order valence-electron chi connectivity index (χ4n) is 4.27. The van der Waals surface area contributed by atoms with E-state index in [1.807, 2.05) is 0 Å². The fraction of sp³-hybridized carbons (Fsp3) is 1.00. The van der Waals surface area contributed by atoms with E-state index in [2.05, 4.69) is 12.3 Å². The SMILES string of the molecule is CC1(C(NN)C2CCCC(S(C)(=O)=O)C2)CCCC1. The van der Waals surface area contributed by atoms with Gasteiger partial charge in [0.05, 0.1) is 5.25 Å². The molecule has 0 aromatic heterocycles. The van der Waals surface area contributed by atoms with Gasteiger partial charge in [0, 0.05) is 12.3 Å². The van der Waals surface area contributed by atoms with E-state index in [0.717, 1.165) is 25.7 Å². The zero-order valence-electron chi connectivity index (χ0n) is 12.2. The van der Waals surface area contributed by atoms with Crippen LogP contribution in [0.1, 0.15) is 58.3 Å². The first-order valence-corrected chi connectivity index (χ1v) is 9.47. The molecule has 5 heteroatoms. The van der Waals surface area contributed by atoms with Crippen LogP contribution in [0, 0.1) is 11.3 Å². The van der Waals surface area contributed by atoms with E-state index in [1.54, 1.807) is 0 Å². The second kappa shape index (κ2) is 5.70. The van der Waals surface area contributed by atoms with Crippen molar-refractivity contribution in [1.82, 2.24) is 5.43 Å². The van der Waals surface area contributed by atoms with E-state index in [-0.39, 0.29) is 16.7 Å². The fourth-order valence-corrected chi connectivity index (χ4v) is 5.46. The zero-order valence-corrected chi connectivity index (χ0v) is 13.0. The molecule has 0 aromatic carbocycles. The molecule has 0 radical (unpaired) electrons. The normalized spacial score (nSPS) is 33.2. The topological polar surface area (TPSA) is 72.2 Å². The molecule has 3 unspecified atom stereocenters. The van der Waals surface area contributed by atoms with Gasteiger partial charge in [-0.25, -0.2) is 8.42 Å². The second-order valence-electron chi connectivity index (χ2n) is 6.88. The van der Waals surface area contributed by atoms with Crippen molar-refractivity contribution in [2.45, 2.75) is 69.6 Å². The van der Waals surface area contributed by atoms with Crippen LogP contribution in [0.25, 0.3) is 0 Å². The first-order chi connectivity index (χ1) is 8.87. The Morgan fingerprint density at radius 2 is 1.84 bits per heavy atom. The molecule has 0 saturated heterocycles. The van der Waals surface area contributed by atoms with E-state index in [0.29, 0.717) is 5.92 Å². The first-order valence-electron chi connectivity index (χ1n) is 7.52. The van der Waals surface area contributed by atoms with Gasteiger partial charge >= 0.3 is 0 Å². The molecular weight excluding hydrogens is 260 g/mol. The number of hydrazine groups is 1. The van der Waals surface area contributed by atoms with Crippen molar-refractivity contribution in [3.8, 4) is 0 Å². The van der Waals surface area contributed by atoms with Gasteiger partial charge in [-0.15, -0.1) is 0 Å². The second-order valence-corrected chi connectivity index (χ2v) is 9.21. The van der Waals surface area contributed by atoms with Crippen LogP contribution in [0.2, 0.25) is 0 Å². The molecule has 3 atom stereocenters. The van der Waals surface area contributed by atoms with Crippen LogP contribution in [0.15, 0.2) is 0 Å². The third kappa shape index (κ3) is 3.31. The molecule has 19 heavy (non-hydrogen) atoms. The summed E-state index contributed by atoms with van der Waals surface area (Å²) in [6.07, 6.45) is 10.1. The van der Waals surface area contributed by atoms with E-state index in [9.17, 15) is 8.42 Å². The van der Waals surface area contributed by atoms with Gasteiger partial charge < -0.3 is 0 Å². The number of rotatable bonds is 4. The van der Waals surface area contributed by atoms with Gasteiger partial charge in [-0.2, -0.15) is 0 Å². The predicted octanol–water partition coefficient (Wildman–Crippen LogP) is 2.00. The summed E-state index contributed by atoms with van der Waals surface area (Å²) in [6.45, 7) is 2.31. The predicted molar refractivity (Wildman–Crippen MR) is 78.3 cm³/mol. The summed E-state index contributed by atoms with van der Waals surface area (Å²) in [6, 6.07) is 0.263. The summed E-state index contributed by atoms with van der Waals surface area (Å²) in [7, 11) is -2.91. The summed E-state index contributed by atoms with van der Waals surface area (Å²) in [5.74, 6) is 6.23. The lowest BCUT2D eigenvalue weighted by molar-refractivity contribution is 0.132. The van der Waals surface area contributed by atoms with Gasteiger partial charge in [0.2, 0.25) is 0 Å². The summed E-state index contributed by atoms with van der Waals surface area (Å²) >= 11 is 0. The quantitative estimate of drug-likeness (QED) is 0.613. The number of hydrogen-bond donors (Lipinski definition) is 2. The Kier molecular flexibility index (Phi) is 4.58. The van der Waals surface area contributed by atoms with Crippen molar-refractivity contribution < 1.29 is 8.42 Å². The number of nitrogens with two attached hydrogens (primary N) is 1. The monoisotopic (exact) mass is 288 g/mol. The third-order valence-electron chi connectivity index (χ3n) is 5.42. The summed E-state index contributed by atoms with van der Waals surface area (Å²) in [4.78, 5) is 0. The molecule has 2 fully saturated rings. The highest BCUT2D eigenvalue weighted by molar-refractivity contribution is 7.91. The summed E-state index contributed by atoms with van der Waals surface area (Å²) < 4.78 is 23.6. The average Bonchev–Trinajstić information content (AvgIpc) is 2.77. The highest BCUT2D eigenvalue weighted by atomic mass is 32.2. The maximum Gasteiger partial charge on any atom is 0.150 e. The molecular formula is C14H28N2O2S. The van der Waals surface area contributed by atoms with Gasteiger partial charge in [-0.05, 0) is 43.4 Å². The minimum atomic E-state index is -2.91. The molecule has 2 aliphatic carbocycles. The molecule has 0 aromatic rings. The Morgan fingerprint density at radius 1 is 1.21 bits per heavy atom. The van der Waals surface area contributed by atoms with Crippen molar-refractivity contribution >= 4 is 9.84 Å². The van der Waals surface area contributed by atoms with Crippen molar-refractivity contribution in [2.75, 3.05) is 6.26 Å². The highest BCUT2D eigenvalue weighted by Gasteiger charge is 2.43. The van der Waals surface area contributed by atoms with Crippen molar-refractivity contribution in [3.05, 3.63) is 0 Å². The van der Waals surface area contributed by atoms with E-state index in [4.69, 9.17) is 5.84 Å². The Labute approximate surface area is 117 Å². The maximum absolute atomic E-state index is 11.8. The summed E-state index contributed by atoms with van der Waals surface area (Å²) in [5.41, 5.74) is 3.28. The van der Waals surface area contributed by atoms with Crippen molar-refractivity contribution in [1.29, 1.82) is 0 Å². The molecule has 112 valence electrons. The Morgan fingerprint density at radius 3 is 2.37 bits per heavy atom. The number of nitrogens with one attached hydrogen (secondary N) is 1. The minimum absolute atomic E-state index is 0.160. The van der Waals surface area contributed by atoms with E-state index < -0.39 is 9.84 Å². The van der Waals surface area contributed by atoms with Gasteiger partial charge in [-0.1, -0.05) is 26.2 Å². The van der Waals surface area contributed by atoms with E-state index in [1.165, 1.54) is 31.9 Å². The van der Waals surface area contributed by atoms with Crippen LogP contribution >= 0.6 is 0 Å². The van der Waals surface area contributed by atoms with Gasteiger partial charge in [0.1, 0.15) is 9.84 Å². The molecule has 3 N–H and O–H groups in total. The Hall–Kier alpha value is -0.130. The van der Waals surface area contributed by atoms with Crippen LogP contribution in [0.4, 0.5) is 0 Å². The van der Waals surface area contributed by atoms with Crippen molar-refractivity contribution in [3.63, 3.8) is 0 Å². The lowest BCUT2D eigenvalue weighted by atomic mass is 9.70. The van der Waals surface area contributed by atoms with Gasteiger partial charge in [0.15, 0.2) is 0 Å². The number of sulfone groups is 1. The largest absolute Gasteiger partial charge is 0.271 e. The molecule has 2 aliphatic rings. The van der Waals surface area contributed by atoms with Crippen LogP contribution < -0.4 is 11.3 Å². The molecule has 2 rings (SSSR count). The molecule has 0 spiro atoms. The molecule has 0 amide bonds. The van der Waals surface area contributed by atoms with Crippen LogP contribution in [0.3, 0.4) is 0 Å². The summed E-state index contributed by atoms with van der Waals surface area (Å²) in [5, 5.41) is -0.160. The molecule has 4 nitrogen and oxygen atoms in total. The van der Waals surface area contributed by atoms with Crippen LogP contribution in [-0.4, -0.2) is 26.0 Å². The zero-order chi connectivity index (χ0) is 14.1. The van der Waals surface area contributed by atoms with Crippen LogP contribution in [0.5, 0.6) is 0 Å². The third-order valence-corrected chi connectivity index (χ3v) is 7.06. The average molecular weight is 288 g/mol. The molecule has 2 saturated carbocycles. The van der Waals surface area contributed by atoms with Gasteiger partial charge in [-0.3, -0.25) is 11.3 Å². The Bertz CT molecular complexity index is 402. The lowest BCUT2D eigenvalue weighted by Crippen LogP contribution is -2.52. The smallest absolute Gasteiger partial charge is 0.150 e. The van der Waals surface area contributed by atoms with Crippen molar-refractivity contribution in [2.24, 2.45) is 17.2 Å². The standard InChI is InChI=1S/C14H28N2O2S/c1-14(8-3-4-9-14)13(16-15)11-6-5-7-12(10-11)19(2,17)18/h11-13,16H,3-10,15H2,1-2H3. The lowest BCUT2D eigenvalue weighted by Gasteiger charge is -2.42. The van der Waals surface area contributed by atoms with Gasteiger partial charge in [0.25, 0.3) is 0 Å². The molecule has 0 bridgehead atoms. The first kappa shape index (κ1) is 15.3. The van der Waals surface area contributed by atoms with E-state index >= 15 is 0 Å². The molecule has 0 heterocycles. The Balaban J connectivity index is 2.10. The highest BCUT2D eigenvalue weighted by Crippen LogP contribution is 2.45.